The molecule has 0 atom stereocenters. The lowest BCUT2D eigenvalue weighted by Crippen LogP contribution is -2.57. The van der Waals surface area contributed by atoms with E-state index < -0.39 is 49.5 Å². The van der Waals surface area contributed by atoms with Gasteiger partial charge < -0.3 is 4.74 Å². The second-order valence-corrected chi connectivity index (χ2v) is 4.27. The van der Waals surface area contributed by atoms with Crippen LogP contribution >= 0.6 is 0 Å². The van der Waals surface area contributed by atoms with Gasteiger partial charge in [-0.2, -0.15) is 43.9 Å². The van der Waals surface area contributed by atoms with Gasteiger partial charge in [-0.15, -0.1) is 13.2 Å². The Labute approximate surface area is 144 Å². The van der Waals surface area contributed by atoms with Crippen LogP contribution in [-0.2, 0) is 23.7 Å². The summed E-state index contributed by atoms with van der Waals surface area (Å²) < 4.78 is 172. The second-order valence-electron chi connectivity index (χ2n) is 4.27. The van der Waals surface area contributed by atoms with Crippen LogP contribution in [0.15, 0.2) is 12.7 Å². The number of rotatable bonds is 10. The minimum absolute atomic E-state index is 0.204. The quantitative estimate of drug-likeness (QED) is 0.282. The molecule has 0 aromatic carbocycles. The van der Waals surface area contributed by atoms with E-state index >= 15 is 0 Å². The minimum atomic E-state index is -7.12. The average molecular weight is 452 g/mol. The predicted molar refractivity (Wildman–Crippen MR) is 55.2 cm³/mol. The van der Waals surface area contributed by atoms with Gasteiger partial charge in [-0.25, -0.2) is 19.0 Å². The lowest BCUT2D eigenvalue weighted by molar-refractivity contribution is -0.564. The van der Waals surface area contributed by atoms with Crippen LogP contribution in [0, 0.1) is 0 Å². The molecule has 0 heterocycles. The van der Waals surface area contributed by atoms with E-state index in [-0.39, 0.29) is 6.08 Å². The van der Waals surface area contributed by atoms with Gasteiger partial charge in [-0.05, 0) is 0 Å². The molecule has 0 bridgehead atoms. The highest BCUT2D eigenvalue weighted by Crippen LogP contribution is 2.48. The first-order chi connectivity index (χ1) is 12.1. The lowest BCUT2D eigenvalue weighted by atomic mass is 10.5. The van der Waals surface area contributed by atoms with Crippen molar-refractivity contribution in [3.05, 3.63) is 12.7 Å². The molecule has 0 rings (SSSR count). The maximum absolute atomic E-state index is 13.0. The topological polar surface area (TPSA) is 54.0 Å². The third kappa shape index (κ3) is 7.30. The molecule has 166 valence electrons. The van der Waals surface area contributed by atoms with Crippen molar-refractivity contribution in [3.8, 4) is 0 Å². The molecule has 0 aliphatic heterocycles. The van der Waals surface area contributed by atoms with Crippen molar-refractivity contribution in [1.82, 2.24) is 0 Å². The molecule has 28 heavy (non-hydrogen) atoms. The van der Waals surface area contributed by atoms with Crippen LogP contribution < -0.4 is 0 Å². The van der Waals surface area contributed by atoms with Crippen molar-refractivity contribution >= 4 is 5.97 Å². The maximum Gasteiger partial charge on any atom is 0.527 e. The van der Waals surface area contributed by atoms with E-state index in [0.717, 1.165) is 0 Å². The highest BCUT2D eigenvalue weighted by atomic mass is 19.4. The second kappa shape index (κ2) is 7.90. The van der Waals surface area contributed by atoms with Crippen molar-refractivity contribution < 1.29 is 80.8 Å². The normalized spacial score (nSPS) is 14.8. The van der Waals surface area contributed by atoms with Crippen molar-refractivity contribution in [2.45, 2.75) is 36.9 Å². The summed E-state index contributed by atoms with van der Waals surface area (Å²) in [6.45, 7) is 0.162. The number of hydrogen-bond donors (Lipinski definition) is 0. The molecule has 0 fully saturated rings. The summed E-state index contributed by atoms with van der Waals surface area (Å²) in [4.78, 5) is 10.5. The first-order valence-electron chi connectivity index (χ1n) is 5.93. The zero-order valence-corrected chi connectivity index (χ0v) is 12.4. The molecule has 0 saturated heterocycles. The molecule has 0 aliphatic carbocycles. The Morgan fingerprint density at radius 3 is 1.39 bits per heavy atom. The number of esters is 1. The molecule has 0 saturated carbocycles. The smallest absolute Gasteiger partial charge is 0.453 e. The summed E-state index contributed by atoms with van der Waals surface area (Å²) in [5, 5.41) is 0. The van der Waals surface area contributed by atoms with Crippen LogP contribution in [0.3, 0.4) is 0 Å². The molecule has 0 aromatic rings. The fourth-order valence-corrected chi connectivity index (χ4v) is 0.975. The Morgan fingerprint density at radius 1 is 0.679 bits per heavy atom. The van der Waals surface area contributed by atoms with E-state index in [4.69, 9.17) is 0 Å². The van der Waals surface area contributed by atoms with Crippen LogP contribution in [-0.4, -0.2) is 49.5 Å². The Hall–Kier alpha value is -1.82. The van der Waals surface area contributed by atoms with Crippen LogP contribution in [0.1, 0.15) is 0 Å². The van der Waals surface area contributed by atoms with Gasteiger partial charge >= 0.3 is 42.9 Å². The molecular formula is C10H5F13O5. The highest BCUT2D eigenvalue weighted by molar-refractivity contribution is 5.81. The Bertz CT molecular complexity index is 571. The molecule has 18 heteroatoms. The molecule has 0 aromatic heterocycles. The van der Waals surface area contributed by atoms with Crippen molar-refractivity contribution in [1.29, 1.82) is 0 Å². The number of alkyl halides is 13. The van der Waals surface area contributed by atoms with Gasteiger partial charge in [-0.1, -0.05) is 6.58 Å². The number of carbonyl (C=O) groups excluding carboxylic acids is 1. The van der Waals surface area contributed by atoms with E-state index in [1.54, 1.807) is 4.74 Å². The van der Waals surface area contributed by atoms with Crippen LogP contribution in [0.4, 0.5) is 57.1 Å². The van der Waals surface area contributed by atoms with E-state index in [1.807, 2.05) is 0 Å². The van der Waals surface area contributed by atoms with Crippen molar-refractivity contribution in [2.24, 2.45) is 0 Å². The molecule has 0 aliphatic rings. The summed E-state index contributed by atoms with van der Waals surface area (Å²) >= 11 is 0. The monoisotopic (exact) mass is 452 g/mol. The van der Waals surface area contributed by atoms with E-state index in [2.05, 4.69) is 16.1 Å². The number of carbonyl (C=O) groups is 1. The van der Waals surface area contributed by atoms with Gasteiger partial charge in [0.15, 0.2) is 6.61 Å². The minimum Gasteiger partial charge on any atom is -0.453 e. The molecule has 0 radical (unpaired) electrons. The number of halogens is 13. The third-order valence-electron chi connectivity index (χ3n) is 2.00. The zero-order valence-electron chi connectivity index (χ0n) is 12.4. The first-order valence-corrected chi connectivity index (χ1v) is 5.93. The fourth-order valence-electron chi connectivity index (χ4n) is 0.975. The van der Waals surface area contributed by atoms with E-state index in [9.17, 15) is 61.9 Å². The third-order valence-corrected chi connectivity index (χ3v) is 2.00. The van der Waals surface area contributed by atoms with E-state index in [0.29, 0.717) is 0 Å². The first kappa shape index (κ1) is 26.2. The standard InChI is InChI=1S/C10H5F13O5/c1-2-4(24)25-3-5(11,12)26-6(13,14)7(15,16)27-8(17,18)9(19,20)28-10(21,22)23/h2H,1,3H2. The van der Waals surface area contributed by atoms with Crippen LogP contribution in [0.25, 0.3) is 0 Å². The van der Waals surface area contributed by atoms with Gasteiger partial charge in [0.25, 0.3) is 0 Å². The summed E-state index contributed by atoms with van der Waals surface area (Å²) in [5.41, 5.74) is 0. The number of ether oxygens (including phenoxy) is 4. The Balaban J connectivity index is 5.43. The van der Waals surface area contributed by atoms with Crippen molar-refractivity contribution in [2.75, 3.05) is 6.61 Å². The largest absolute Gasteiger partial charge is 0.527 e. The van der Waals surface area contributed by atoms with Crippen LogP contribution in [0.2, 0.25) is 0 Å². The summed E-state index contributed by atoms with van der Waals surface area (Å²) in [6.07, 6.45) is -39.9. The highest BCUT2D eigenvalue weighted by Gasteiger charge is 2.74. The molecule has 5 nitrogen and oxygen atoms in total. The molecule has 0 amide bonds. The Morgan fingerprint density at radius 2 is 1.04 bits per heavy atom. The SMILES string of the molecule is C=CC(=O)OCC(F)(F)OC(F)(F)C(F)(F)OC(F)(F)C(F)(F)OC(F)(F)F. The van der Waals surface area contributed by atoms with E-state index in [1.165, 1.54) is 4.74 Å². The van der Waals surface area contributed by atoms with Gasteiger partial charge in [0.1, 0.15) is 0 Å². The average Bonchev–Trinajstić information content (AvgIpc) is 2.39. The number of hydrogen-bond acceptors (Lipinski definition) is 5. The zero-order chi connectivity index (χ0) is 22.8. The van der Waals surface area contributed by atoms with Gasteiger partial charge in [-0.3, -0.25) is 0 Å². The lowest BCUT2D eigenvalue weighted by Gasteiger charge is -2.33. The fraction of sp³-hybridized carbons (Fsp3) is 0.700. The Kier molecular flexibility index (Phi) is 7.38. The van der Waals surface area contributed by atoms with Gasteiger partial charge in [0.05, 0.1) is 0 Å². The summed E-state index contributed by atoms with van der Waals surface area (Å²) in [7, 11) is 0. The van der Waals surface area contributed by atoms with Crippen LogP contribution in [0.5, 0.6) is 0 Å². The van der Waals surface area contributed by atoms with Gasteiger partial charge in [0.2, 0.25) is 0 Å². The molecule has 0 spiro atoms. The molecule has 0 unspecified atom stereocenters. The maximum atomic E-state index is 13.0. The van der Waals surface area contributed by atoms with Crippen molar-refractivity contribution in [3.63, 3.8) is 0 Å². The molecule has 0 N–H and O–H groups in total. The predicted octanol–water partition coefficient (Wildman–Crippen LogP) is 4.25. The van der Waals surface area contributed by atoms with Gasteiger partial charge in [0, 0.05) is 6.08 Å². The summed E-state index contributed by atoms with van der Waals surface area (Å²) in [5.74, 6) is -1.70. The summed E-state index contributed by atoms with van der Waals surface area (Å²) in [6, 6.07) is 0. The molecular weight excluding hydrogens is 447 g/mol.